The molecular weight excluding hydrogens is 941 g/mol. The molecule has 9 rings (SSSR count). The Labute approximate surface area is 450 Å². The molecule has 10 heteroatoms. The molecule has 4 saturated carbocycles. The van der Waals surface area contributed by atoms with E-state index in [1.54, 1.807) is 28.4 Å². The first-order valence-corrected chi connectivity index (χ1v) is 28.7. The zero-order valence-corrected chi connectivity index (χ0v) is 46.8. The van der Waals surface area contributed by atoms with Crippen LogP contribution in [0.1, 0.15) is 134 Å². The van der Waals surface area contributed by atoms with E-state index in [-0.39, 0.29) is 12.7 Å². The normalized spacial score (nSPS) is 31.7. The van der Waals surface area contributed by atoms with Crippen LogP contribution in [0.4, 0.5) is 0 Å². The molecule has 0 N–H and O–H groups in total. The Morgan fingerprint density at radius 3 is 1.55 bits per heavy atom. The van der Waals surface area contributed by atoms with E-state index in [1.165, 1.54) is 64.2 Å². The topological polar surface area (TPSA) is 92.3 Å². The third-order valence-corrected chi connectivity index (χ3v) is 19.3. The highest BCUT2D eigenvalue weighted by molar-refractivity contribution is 5.29. The maximum atomic E-state index is 7.44. The average Bonchev–Trinajstić information content (AvgIpc) is 3.84. The van der Waals surface area contributed by atoms with Crippen molar-refractivity contribution in [3.8, 4) is 23.0 Å². The summed E-state index contributed by atoms with van der Waals surface area (Å²) in [5.41, 5.74) is 4.84. The standard InChI is InChI=1S/C65H90O10/c1-43(2)11-10-12-44(3)56-31-32-57-55-30-21-49-37-54(33-35-64(49,4)58(55)34-36-65(56,57)5)74-63-62(73-41-48-19-28-53(69-9)29-20-48)61(72-40-47-17-26-52(68-8)27-18-47)60(71-39-46-15-24-51(67-7)25-16-46)59(75-63)42-70-38-45-13-22-50(66-6)23-14-45/h13-20,22-29,43-44,49,54-63H,10-12,21,30-42H2,1-9H3/t44-,49+,54+,55+,56-,57+,58+,59-,60-,61+,62-,63-,64+,65-/m1/s1. The lowest BCUT2D eigenvalue weighted by Gasteiger charge is -2.61. The van der Waals surface area contributed by atoms with Crippen molar-refractivity contribution >= 4 is 0 Å². The molecular formula is C65H90O10. The number of fused-ring (bicyclic) bond motifs is 5. The van der Waals surface area contributed by atoms with Gasteiger partial charge in [-0.05, 0) is 181 Å². The summed E-state index contributed by atoms with van der Waals surface area (Å²) in [6.07, 6.45) is 12.4. The molecule has 0 radical (unpaired) electrons. The quantitative estimate of drug-likeness (QED) is 0.0632. The van der Waals surface area contributed by atoms with Crippen LogP contribution in [0.15, 0.2) is 97.1 Å². The molecule has 4 aromatic rings. The van der Waals surface area contributed by atoms with Gasteiger partial charge in [-0.25, -0.2) is 0 Å². The van der Waals surface area contributed by atoms with E-state index >= 15 is 0 Å². The molecule has 410 valence electrons. The van der Waals surface area contributed by atoms with Crippen molar-refractivity contribution in [3.05, 3.63) is 119 Å². The average molecular weight is 1030 g/mol. The van der Waals surface area contributed by atoms with E-state index in [2.05, 4.69) is 34.6 Å². The fraction of sp³-hybridized carbons (Fsp3) is 0.631. The van der Waals surface area contributed by atoms with Crippen LogP contribution in [0.2, 0.25) is 0 Å². The molecule has 0 bridgehead atoms. The second kappa shape index (κ2) is 25.5. The van der Waals surface area contributed by atoms with Crippen molar-refractivity contribution in [2.24, 2.45) is 52.3 Å². The fourth-order valence-electron chi connectivity index (χ4n) is 15.0. The summed E-state index contributed by atoms with van der Waals surface area (Å²) in [6, 6.07) is 32.0. The molecule has 10 nitrogen and oxygen atoms in total. The monoisotopic (exact) mass is 1030 g/mol. The van der Waals surface area contributed by atoms with Crippen LogP contribution in [0, 0.1) is 52.3 Å². The molecule has 1 aliphatic heterocycles. The molecule has 4 aliphatic carbocycles. The van der Waals surface area contributed by atoms with Gasteiger partial charge < -0.3 is 47.4 Å². The van der Waals surface area contributed by atoms with E-state index < -0.39 is 30.7 Å². The lowest BCUT2D eigenvalue weighted by atomic mass is 9.44. The van der Waals surface area contributed by atoms with Gasteiger partial charge in [-0.1, -0.05) is 102 Å². The largest absolute Gasteiger partial charge is 0.497 e. The van der Waals surface area contributed by atoms with Crippen molar-refractivity contribution in [3.63, 3.8) is 0 Å². The third-order valence-electron chi connectivity index (χ3n) is 19.3. The lowest BCUT2D eigenvalue weighted by molar-refractivity contribution is -0.340. The van der Waals surface area contributed by atoms with Crippen molar-refractivity contribution in [1.82, 2.24) is 0 Å². The molecule has 1 heterocycles. The zero-order valence-electron chi connectivity index (χ0n) is 46.8. The van der Waals surface area contributed by atoms with E-state index in [9.17, 15) is 0 Å². The number of rotatable bonds is 24. The van der Waals surface area contributed by atoms with E-state index in [1.807, 2.05) is 97.1 Å². The zero-order chi connectivity index (χ0) is 52.5. The third kappa shape index (κ3) is 13.1. The Bertz CT molecular complexity index is 2340. The van der Waals surface area contributed by atoms with Gasteiger partial charge in [-0.2, -0.15) is 0 Å². The van der Waals surface area contributed by atoms with Crippen LogP contribution < -0.4 is 18.9 Å². The van der Waals surface area contributed by atoms with Gasteiger partial charge in [0.1, 0.15) is 47.4 Å². The fourth-order valence-corrected chi connectivity index (χ4v) is 15.0. The predicted octanol–water partition coefficient (Wildman–Crippen LogP) is 14.2. The minimum atomic E-state index is -0.751. The number of ether oxygens (including phenoxy) is 10. The van der Waals surface area contributed by atoms with Crippen molar-refractivity contribution in [2.45, 2.75) is 175 Å². The lowest BCUT2D eigenvalue weighted by Crippen LogP contribution is -2.62. The Hall–Kier alpha value is -4.16. The van der Waals surface area contributed by atoms with Gasteiger partial charge in [0, 0.05) is 0 Å². The Balaban J connectivity index is 0.976. The Kier molecular flexibility index (Phi) is 18.9. The van der Waals surface area contributed by atoms with Crippen LogP contribution in [0.25, 0.3) is 0 Å². The summed E-state index contributed by atoms with van der Waals surface area (Å²) in [4.78, 5) is 0. The van der Waals surface area contributed by atoms with Gasteiger partial charge >= 0.3 is 0 Å². The van der Waals surface area contributed by atoms with E-state index in [4.69, 9.17) is 47.4 Å². The summed E-state index contributed by atoms with van der Waals surface area (Å²) in [5.74, 6) is 8.74. The van der Waals surface area contributed by atoms with Crippen LogP contribution in [0.3, 0.4) is 0 Å². The summed E-state index contributed by atoms with van der Waals surface area (Å²) in [7, 11) is 6.73. The van der Waals surface area contributed by atoms with E-state index in [0.717, 1.165) is 93.6 Å². The molecule has 0 unspecified atom stereocenters. The predicted molar refractivity (Wildman–Crippen MR) is 294 cm³/mol. The van der Waals surface area contributed by atoms with Crippen LogP contribution in [0.5, 0.6) is 23.0 Å². The molecule has 1 saturated heterocycles. The SMILES string of the molecule is COc1ccc(COC[C@H]2O[C@@H](O[C@H]3CC[C@@]4(C)[C@@H](CC[C@@H]5[C@@H]4CC[C@]4(C)[C@@H]([C@H](C)CCCC(C)C)CC[C@@H]54)C3)[C@H](OCc3ccc(OC)cc3)[C@@H](OCc3ccc(OC)cc3)[C@@H]2OCc2ccc(OC)cc2)cc1. The second-order valence-corrected chi connectivity index (χ2v) is 24.0. The molecule has 5 fully saturated rings. The van der Waals surface area contributed by atoms with Gasteiger partial charge in [0.05, 0.1) is 67.6 Å². The maximum Gasteiger partial charge on any atom is 0.187 e. The highest BCUT2D eigenvalue weighted by Crippen LogP contribution is 2.68. The first kappa shape index (κ1) is 55.6. The smallest absolute Gasteiger partial charge is 0.187 e. The first-order valence-electron chi connectivity index (χ1n) is 28.7. The Morgan fingerprint density at radius 1 is 0.520 bits per heavy atom. The number of hydrogen-bond donors (Lipinski definition) is 0. The molecule has 0 aromatic heterocycles. The van der Waals surface area contributed by atoms with Gasteiger partial charge in [0.25, 0.3) is 0 Å². The molecule has 14 atom stereocenters. The van der Waals surface area contributed by atoms with E-state index in [0.29, 0.717) is 43.2 Å². The highest BCUT2D eigenvalue weighted by Gasteiger charge is 2.61. The molecule has 75 heavy (non-hydrogen) atoms. The molecule has 0 amide bonds. The van der Waals surface area contributed by atoms with Crippen molar-refractivity contribution < 1.29 is 47.4 Å². The van der Waals surface area contributed by atoms with Crippen molar-refractivity contribution in [1.29, 1.82) is 0 Å². The number of benzene rings is 4. The highest BCUT2D eigenvalue weighted by atomic mass is 16.7. The molecule has 4 aromatic carbocycles. The maximum absolute atomic E-state index is 7.44. The van der Waals surface area contributed by atoms with Gasteiger partial charge in [0.15, 0.2) is 6.29 Å². The number of methoxy groups -OCH3 is 4. The van der Waals surface area contributed by atoms with Gasteiger partial charge in [-0.15, -0.1) is 0 Å². The summed E-state index contributed by atoms with van der Waals surface area (Å²) in [5, 5.41) is 0. The molecule has 5 aliphatic rings. The van der Waals surface area contributed by atoms with Crippen LogP contribution in [-0.4, -0.2) is 71.9 Å². The summed E-state index contributed by atoms with van der Waals surface area (Å²) < 4.78 is 64.6. The van der Waals surface area contributed by atoms with Crippen LogP contribution >= 0.6 is 0 Å². The summed E-state index contributed by atoms with van der Waals surface area (Å²) >= 11 is 0. The minimum Gasteiger partial charge on any atom is -0.497 e. The van der Waals surface area contributed by atoms with Crippen LogP contribution in [-0.2, 0) is 54.8 Å². The van der Waals surface area contributed by atoms with Gasteiger partial charge in [0.2, 0.25) is 0 Å². The first-order chi connectivity index (χ1) is 36.4. The summed E-state index contributed by atoms with van der Waals surface area (Å²) in [6.45, 7) is 14.3. The minimum absolute atomic E-state index is 0.00740. The molecule has 0 spiro atoms. The van der Waals surface area contributed by atoms with Crippen molar-refractivity contribution in [2.75, 3.05) is 35.0 Å². The Morgan fingerprint density at radius 2 is 1.01 bits per heavy atom. The second-order valence-electron chi connectivity index (χ2n) is 24.0. The number of hydrogen-bond acceptors (Lipinski definition) is 10. The van der Waals surface area contributed by atoms with Gasteiger partial charge in [-0.3, -0.25) is 0 Å².